The highest BCUT2D eigenvalue weighted by Gasteiger charge is 2.45. The third kappa shape index (κ3) is 2.55. The molecule has 0 bridgehead atoms. The van der Waals surface area contributed by atoms with Gasteiger partial charge in [0.2, 0.25) is 0 Å². The van der Waals surface area contributed by atoms with E-state index in [9.17, 15) is 0 Å². The lowest BCUT2D eigenvalue weighted by Gasteiger charge is -2.46. The van der Waals surface area contributed by atoms with Crippen LogP contribution < -0.4 is 0 Å². The maximum absolute atomic E-state index is 6.10. The van der Waals surface area contributed by atoms with Crippen LogP contribution in [0.25, 0.3) is 0 Å². The zero-order chi connectivity index (χ0) is 16.0. The van der Waals surface area contributed by atoms with Crippen molar-refractivity contribution >= 4 is 10.0 Å². The molecule has 1 nitrogen and oxygen atoms in total. The Kier molecular flexibility index (Phi) is 3.84. The van der Waals surface area contributed by atoms with Crippen molar-refractivity contribution in [3.8, 4) is 0 Å². The Morgan fingerprint density at radius 1 is 1.00 bits per heavy atom. The first kappa shape index (κ1) is 15.4. The quantitative estimate of drug-likeness (QED) is 0.676. The second-order valence-electron chi connectivity index (χ2n) is 7.77. The molecule has 1 saturated carbocycles. The molecule has 1 heterocycles. The number of hydrogen-bond donors (Lipinski definition) is 0. The van der Waals surface area contributed by atoms with Gasteiger partial charge in [-0.1, -0.05) is 37.1 Å². The van der Waals surface area contributed by atoms with Crippen LogP contribution in [0.5, 0.6) is 0 Å². The molecule has 1 aromatic carbocycles. The van der Waals surface area contributed by atoms with E-state index < -0.39 is 10.0 Å². The minimum atomic E-state index is -0.700. The third-order valence-corrected chi connectivity index (χ3v) is 10.2. The molecule has 0 radical (unpaired) electrons. The number of furan rings is 1. The van der Waals surface area contributed by atoms with Gasteiger partial charge in [0.05, 0.1) is 0 Å². The fraction of sp³-hybridized carbons (Fsp3) is 0.524. The molecule has 0 amide bonds. The lowest BCUT2D eigenvalue weighted by molar-refractivity contribution is 0.444. The summed E-state index contributed by atoms with van der Waals surface area (Å²) in [6.07, 6.45) is 12.1. The molecule has 0 N–H and O–H groups in total. The molecule has 0 aliphatic heterocycles. The standard InChI is InChI=1S/C21H28OS/c1-15-12-13-20(22-15)19-14-16-8-4-7-11-18(16)21(19)23(2,3)17-9-5-6-10-17/h4,7-8,11-13,17,19,21H,5-6,9-10,14H2,1-3H3. The Labute approximate surface area is 141 Å². The van der Waals surface area contributed by atoms with Crippen LogP contribution in [-0.4, -0.2) is 17.8 Å². The number of benzene rings is 1. The lowest BCUT2D eigenvalue weighted by Crippen LogP contribution is -2.22. The number of aryl methyl sites for hydroxylation is 1. The van der Waals surface area contributed by atoms with E-state index in [4.69, 9.17) is 4.42 Å². The monoisotopic (exact) mass is 328 g/mol. The Morgan fingerprint density at radius 3 is 2.43 bits per heavy atom. The zero-order valence-corrected chi connectivity index (χ0v) is 15.4. The van der Waals surface area contributed by atoms with Crippen LogP contribution in [0.4, 0.5) is 0 Å². The summed E-state index contributed by atoms with van der Waals surface area (Å²) in [6.45, 7) is 2.07. The number of rotatable bonds is 3. The summed E-state index contributed by atoms with van der Waals surface area (Å²) in [7, 11) is -0.700. The number of hydrogen-bond acceptors (Lipinski definition) is 1. The summed E-state index contributed by atoms with van der Waals surface area (Å²) < 4.78 is 6.10. The van der Waals surface area contributed by atoms with E-state index in [1.165, 1.54) is 31.4 Å². The van der Waals surface area contributed by atoms with E-state index >= 15 is 0 Å². The molecule has 2 aliphatic rings. The molecule has 0 spiro atoms. The van der Waals surface area contributed by atoms with Crippen molar-refractivity contribution in [3.05, 3.63) is 59.0 Å². The molecular weight excluding hydrogens is 300 g/mol. The second kappa shape index (κ2) is 5.73. The number of fused-ring (bicyclic) bond motifs is 1. The summed E-state index contributed by atoms with van der Waals surface area (Å²) in [5.41, 5.74) is 3.16. The van der Waals surface area contributed by atoms with Gasteiger partial charge in [-0.05, 0) is 67.2 Å². The lowest BCUT2D eigenvalue weighted by atomic mass is 10.0. The maximum atomic E-state index is 6.10. The Hall–Kier alpha value is -1.15. The van der Waals surface area contributed by atoms with Gasteiger partial charge in [0.15, 0.2) is 0 Å². The highest BCUT2D eigenvalue weighted by atomic mass is 32.3. The molecule has 2 aliphatic carbocycles. The summed E-state index contributed by atoms with van der Waals surface area (Å²) >= 11 is 0. The summed E-state index contributed by atoms with van der Waals surface area (Å²) in [6, 6.07) is 13.5. The minimum absolute atomic E-state index is 0.534. The van der Waals surface area contributed by atoms with Crippen molar-refractivity contribution in [2.75, 3.05) is 12.5 Å². The Balaban J connectivity index is 1.78. The zero-order valence-electron chi connectivity index (χ0n) is 14.5. The van der Waals surface area contributed by atoms with Crippen molar-refractivity contribution in [1.29, 1.82) is 0 Å². The summed E-state index contributed by atoms with van der Waals surface area (Å²) in [4.78, 5) is 0. The van der Waals surface area contributed by atoms with Crippen LogP contribution >= 0.6 is 10.0 Å². The molecule has 2 aromatic rings. The van der Waals surface area contributed by atoms with Crippen molar-refractivity contribution in [3.63, 3.8) is 0 Å². The van der Waals surface area contributed by atoms with Crippen LogP contribution in [0.1, 0.15) is 59.5 Å². The molecule has 2 unspecified atom stereocenters. The maximum Gasteiger partial charge on any atom is 0.108 e. The second-order valence-corrected chi connectivity index (χ2v) is 11.9. The first-order valence-electron chi connectivity index (χ1n) is 8.92. The first-order valence-corrected chi connectivity index (χ1v) is 11.5. The van der Waals surface area contributed by atoms with E-state index in [2.05, 4.69) is 55.8 Å². The topological polar surface area (TPSA) is 13.1 Å². The van der Waals surface area contributed by atoms with Crippen molar-refractivity contribution in [2.24, 2.45) is 0 Å². The van der Waals surface area contributed by atoms with Crippen LogP contribution in [0.15, 0.2) is 40.8 Å². The average molecular weight is 329 g/mol. The highest BCUT2D eigenvalue weighted by molar-refractivity contribution is 8.33. The van der Waals surface area contributed by atoms with E-state index in [0.29, 0.717) is 11.2 Å². The van der Waals surface area contributed by atoms with E-state index in [1.54, 1.807) is 11.1 Å². The van der Waals surface area contributed by atoms with Gasteiger partial charge in [-0.15, -0.1) is 0 Å². The molecule has 23 heavy (non-hydrogen) atoms. The SMILES string of the molecule is Cc1ccc(C2Cc3ccccc3C2S(C)(C)C2CCCC2)o1. The molecule has 1 aromatic heterocycles. The van der Waals surface area contributed by atoms with E-state index in [0.717, 1.165) is 17.4 Å². The largest absolute Gasteiger partial charge is 0.466 e. The molecule has 1 fully saturated rings. The Morgan fingerprint density at radius 2 is 1.74 bits per heavy atom. The van der Waals surface area contributed by atoms with Gasteiger partial charge in [0, 0.05) is 11.2 Å². The van der Waals surface area contributed by atoms with Gasteiger partial charge in [-0.3, -0.25) is 0 Å². The normalized spacial score (nSPS) is 25.7. The molecular formula is C21H28OS. The minimum Gasteiger partial charge on any atom is -0.466 e. The van der Waals surface area contributed by atoms with E-state index in [1.807, 2.05) is 0 Å². The summed E-state index contributed by atoms with van der Waals surface area (Å²) in [5, 5.41) is 1.59. The van der Waals surface area contributed by atoms with Gasteiger partial charge in [0.1, 0.15) is 11.5 Å². The molecule has 124 valence electrons. The van der Waals surface area contributed by atoms with Crippen LogP contribution in [0.3, 0.4) is 0 Å². The van der Waals surface area contributed by atoms with Crippen LogP contribution in [0.2, 0.25) is 0 Å². The fourth-order valence-electron chi connectivity index (χ4n) is 4.91. The molecule has 0 saturated heterocycles. The molecule has 4 rings (SSSR count). The average Bonchev–Trinajstić information content (AvgIpc) is 3.26. The summed E-state index contributed by atoms with van der Waals surface area (Å²) in [5.74, 6) is 2.79. The van der Waals surface area contributed by atoms with Crippen molar-refractivity contribution in [1.82, 2.24) is 0 Å². The predicted octanol–water partition coefficient (Wildman–Crippen LogP) is 5.98. The highest BCUT2D eigenvalue weighted by Crippen LogP contribution is 2.69. The smallest absolute Gasteiger partial charge is 0.108 e. The van der Waals surface area contributed by atoms with Crippen molar-refractivity contribution in [2.45, 2.75) is 55.4 Å². The fourth-order valence-corrected chi connectivity index (χ4v) is 8.84. The van der Waals surface area contributed by atoms with Gasteiger partial charge in [0.25, 0.3) is 0 Å². The van der Waals surface area contributed by atoms with Crippen molar-refractivity contribution < 1.29 is 4.42 Å². The van der Waals surface area contributed by atoms with Crippen LogP contribution in [0, 0.1) is 6.92 Å². The van der Waals surface area contributed by atoms with Crippen LogP contribution in [-0.2, 0) is 6.42 Å². The molecule has 2 heteroatoms. The van der Waals surface area contributed by atoms with Gasteiger partial charge < -0.3 is 4.42 Å². The molecule has 2 atom stereocenters. The Bertz CT molecular complexity index is 693. The predicted molar refractivity (Wildman–Crippen MR) is 101 cm³/mol. The third-order valence-electron chi connectivity index (χ3n) is 6.11. The first-order chi connectivity index (χ1) is 11.1. The van der Waals surface area contributed by atoms with E-state index in [-0.39, 0.29) is 0 Å². The van der Waals surface area contributed by atoms with Gasteiger partial charge >= 0.3 is 0 Å². The van der Waals surface area contributed by atoms with Gasteiger partial charge in [-0.2, -0.15) is 0 Å². The van der Waals surface area contributed by atoms with Gasteiger partial charge in [-0.25, -0.2) is 10.0 Å².